The van der Waals surface area contributed by atoms with Crippen molar-refractivity contribution in [3.05, 3.63) is 35.9 Å². The fourth-order valence-corrected chi connectivity index (χ4v) is 4.64. The molecule has 9 nitrogen and oxygen atoms in total. The molecule has 0 spiro atoms. The van der Waals surface area contributed by atoms with Crippen LogP contribution in [0.4, 0.5) is 0 Å². The molecule has 0 radical (unpaired) electrons. The van der Waals surface area contributed by atoms with Crippen molar-refractivity contribution in [3.63, 3.8) is 0 Å². The highest BCUT2D eigenvalue weighted by Crippen LogP contribution is 2.24. The van der Waals surface area contributed by atoms with Crippen LogP contribution in [0.25, 0.3) is 0 Å². The van der Waals surface area contributed by atoms with Gasteiger partial charge in [-0.2, -0.15) is 0 Å². The van der Waals surface area contributed by atoms with E-state index in [1.165, 1.54) is 25.6 Å². The summed E-state index contributed by atoms with van der Waals surface area (Å²) >= 11 is 1.23. The van der Waals surface area contributed by atoms with Crippen LogP contribution >= 0.6 is 11.8 Å². The summed E-state index contributed by atoms with van der Waals surface area (Å²) in [6.45, 7) is 8.46. The SMILES string of the molecule is CC(C)(C)NC(=O)[C@@H]1CSC(C(=O)[C@@H](O)[C@H](Cc2ccccc2)NC(=O)CC(C)(C)C(=O)O)N1. The molecule has 0 aliphatic carbocycles. The maximum Gasteiger partial charge on any atom is 0.309 e. The standard InChI is InChI=1S/C24H35N3O6S/c1-23(2,3)27-20(31)16-13-34-21(26-16)19(30)18(29)15(11-14-9-7-6-8-10-14)25-17(28)12-24(4,5)22(32)33/h6-10,15-16,18,21,26,29H,11-13H2,1-5H3,(H,25,28)(H,27,31)(H,32,33)/t15-,16-,18-,21?/m0/s1. The largest absolute Gasteiger partial charge is 0.481 e. The maximum absolute atomic E-state index is 13.1. The van der Waals surface area contributed by atoms with E-state index in [0.717, 1.165) is 5.56 Å². The molecule has 1 aromatic rings. The van der Waals surface area contributed by atoms with Crippen molar-refractivity contribution in [2.24, 2.45) is 5.41 Å². The number of nitrogens with one attached hydrogen (secondary N) is 3. The number of carbonyl (C=O) groups excluding carboxylic acids is 3. The van der Waals surface area contributed by atoms with Gasteiger partial charge in [-0.25, -0.2) is 0 Å². The Morgan fingerprint density at radius 3 is 2.29 bits per heavy atom. The smallest absolute Gasteiger partial charge is 0.309 e. The molecule has 1 aliphatic heterocycles. The minimum atomic E-state index is -1.55. The van der Waals surface area contributed by atoms with Crippen LogP contribution in [0.5, 0.6) is 0 Å². The monoisotopic (exact) mass is 493 g/mol. The third-order valence-corrected chi connectivity index (χ3v) is 6.58. The molecule has 2 amide bonds. The molecule has 34 heavy (non-hydrogen) atoms. The zero-order valence-electron chi connectivity index (χ0n) is 20.3. The number of hydrogen-bond donors (Lipinski definition) is 5. The van der Waals surface area contributed by atoms with E-state index in [9.17, 15) is 29.4 Å². The van der Waals surface area contributed by atoms with Crippen LogP contribution in [0.15, 0.2) is 30.3 Å². The molecule has 5 N–H and O–H groups in total. The number of carboxylic acid groups (broad SMARTS) is 1. The number of aliphatic hydroxyl groups is 1. The number of aliphatic carboxylic acids is 1. The number of ketones is 1. The van der Waals surface area contributed by atoms with Gasteiger partial charge in [-0.15, -0.1) is 11.8 Å². The van der Waals surface area contributed by atoms with Crippen molar-refractivity contribution in [3.8, 4) is 0 Å². The van der Waals surface area contributed by atoms with Gasteiger partial charge in [0, 0.05) is 17.7 Å². The van der Waals surface area contributed by atoms with Gasteiger partial charge in [0.05, 0.1) is 17.5 Å². The van der Waals surface area contributed by atoms with E-state index >= 15 is 0 Å². The van der Waals surface area contributed by atoms with E-state index in [2.05, 4.69) is 16.0 Å². The van der Waals surface area contributed by atoms with Crippen molar-refractivity contribution in [1.29, 1.82) is 0 Å². The lowest BCUT2D eigenvalue weighted by Crippen LogP contribution is -2.55. The lowest BCUT2D eigenvalue weighted by molar-refractivity contribution is -0.150. The van der Waals surface area contributed by atoms with Gasteiger partial charge in [0.1, 0.15) is 11.5 Å². The number of thioether (sulfide) groups is 1. The van der Waals surface area contributed by atoms with Crippen LogP contribution in [0.2, 0.25) is 0 Å². The summed E-state index contributed by atoms with van der Waals surface area (Å²) in [6.07, 6.45) is -1.68. The maximum atomic E-state index is 13.1. The first-order chi connectivity index (χ1) is 15.7. The van der Waals surface area contributed by atoms with Crippen LogP contribution in [0.1, 0.15) is 46.6 Å². The number of hydrogen-bond acceptors (Lipinski definition) is 7. The summed E-state index contributed by atoms with van der Waals surface area (Å²) in [6, 6.07) is 7.53. The zero-order chi connectivity index (χ0) is 25.7. The summed E-state index contributed by atoms with van der Waals surface area (Å²) in [5, 5.41) is 27.9. The normalized spacial score (nSPS) is 20.3. The van der Waals surface area contributed by atoms with E-state index in [1.807, 2.05) is 51.1 Å². The summed E-state index contributed by atoms with van der Waals surface area (Å²) < 4.78 is 0. The Kier molecular flexibility index (Phi) is 9.27. The molecule has 0 bridgehead atoms. The molecule has 1 unspecified atom stereocenters. The molecule has 1 heterocycles. The first kappa shape index (κ1) is 27.8. The molecule has 0 saturated carbocycles. The Balaban J connectivity index is 2.12. The van der Waals surface area contributed by atoms with Crippen molar-refractivity contribution < 1.29 is 29.4 Å². The van der Waals surface area contributed by atoms with Gasteiger partial charge >= 0.3 is 5.97 Å². The summed E-state index contributed by atoms with van der Waals surface area (Å²) in [5.41, 5.74) is -0.918. The third-order valence-electron chi connectivity index (χ3n) is 5.35. The molecule has 1 aromatic carbocycles. The fraction of sp³-hybridized carbons (Fsp3) is 0.583. The first-order valence-corrected chi connectivity index (χ1v) is 12.2. The van der Waals surface area contributed by atoms with Gasteiger partial charge in [-0.05, 0) is 46.6 Å². The predicted molar refractivity (Wildman–Crippen MR) is 130 cm³/mol. The number of rotatable bonds is 10. The predicted octanol–water partition coefficient (Wildman–Crippen LogP) is 1.09. The van der Waals surface area contributed by atoms with Crippen molar-refractivity contribution >= 4 is 35.3 Å². The highest BCUT2D eigenvalue weighted by molar-refractivity contribution is 8.00. The molecule has 4 atom stereocenters. The number of benzene rings is 1. The minimum Gasteiger partial charge on any atom is -0.481 e. The molecule has 1 aliphatic rings. The second-order valence-electron chi connectivity index (χ2n) is 10.2. The lowest BCUT2D eigenvalue weighted by atomic mass is 9.88. The lowest BCUT2D eigenvalue weighted by Gasteiger charge is -2.27. The average molecular weight is 494 g/mol. The minimum absolute atomic E-state index is 0.179. The zero-order valence-corrected chi connectivity index (χ0v) is 21.1. The second kappa shape index (κ2) is 11.3. The van der Waals surface area contributed by atoms with Crippen LogP contribution in [-0.4, -0.2) is 68.6 Å². The van der Waals surface area contributed by atoms with Gasteiger partial charge in [-0.1, -0.05) is 30.3 Å². The summed E-state index contributed by atoms with van der Waals surface area (Å²) in [7, 11) is 0. The van der Waals surface area contributed by atoms with Gasteiger partial charge in [0.15, 0.2) is 5.78 Å². The van der Waals surface area contributed by atoms with Gasteiger partial charge in [0.25, 0.3) is 0 Å². The highest BCUT2D eigenvalue weighted by atomic mass is 32.2. The Hall–Kier alpha value is -2.43. The van der Waals surface area contributed by atoms with E-state index in [4.69, 9.17) is 0 Å². The number of carbonyl (C=O) groups is 4. The Morgan fingerprint density at radius 2 is 1.74 bits per heavy atom. The topological polar surface area (TPSA) is 145 Å². The van der Waals surface area contributed by atoms with E-state index < -0.39 is 52.2 Å². The molecule has 1 fully saturated rings. The molecular formula is C24H35N3O6S. The number of amides is 2. The van der Waals surface area contributed by atoms with Gasteiger partial charge in [0.2, 0.25) is 11.8 Å². The number of carboxylic acids is 1. The van der Waals surface area contributed by atoms with Crippen LogP contribution in [0, 0.1) is 5.41 Å². The second-order valence-corrected chi connectivity index (χ2v) is 11.4. The number of Topliss-reactive ketones (excluding diaryl/α,β-unsaturated/α-hetero) is 1. The van der Waals surface area contributed by atoms with Gasteiger partial charge < -0.3 is 20.8 Å². The molecule has 188 valence electrons. The van der Waals surface area contributed by atoms with E-state index in [1.54, 1.807) is 0 Å². The highest BCUT2D eigenvalue weighted by Gasteiger charge is 2.40. The summed E-state index contributed by atoms with van der Waals surface area (Å²) in [4.78, 5) is 49.5. The van der Waals surface area contributed by atoms with E-state index in [-0.39, 0.29) is 18.7 Å². The van der Waals surface area contributed by atoms with Crippen molar-refractivity contribution in [2.45, 2.75) is 76.6 Å². The molecule has 1 saturated heterocycles. The average Bonchev–Trinajstić information content (AvgIpc) is 3.21. The van der Waals surface area contributed by atoms with Crippen LogP contribution < -0.4 is 16.0 Å². The molecule has 0 aromatic heterocycles. The molecule has 2 rings (SSSR count). The Labute approximate surface area is 204 Å². The van der Waals surface area contributed by atoms with Crippen molar-refractivity contribution in [2.75, 3.05) is 5.75 Å². The Morgan fingerprint density at radius 1 is 1.12 bits per heavy atom. The van der Waals surface area contributed by atoms with Crippen LogP contribution in [0.3, 0.4) is 0 Å². The molecular weight excluding hydrogens is 458 g/mol. The third kappa shape index (κ3) is 8.11. The quantitative estimate of drug-likeness (QED) is 0.326. The Bertz CT molecular complexity index is 900. The first-order valence-electron chi connectivity index (χ1n) is 11.2. The van der Waals surface area contributed by atoms with E-state index in [0.29, 0.717) is 5.75 Å². The van der Waals surface area contributed by atoms with Crippen LogP contribution in [-0.2, 0) is 25.6 Å². The summed E-state index contributed by atoms with van der Waals surface area (Å²) in [5.74, 6) is -2.10. The van der Waals surface area contributed by atoms with Gasteiger partial charge in [-0.3, -0.25) is 24.5 Å². The number of aliphatic hydroxyl groups excluding tert-OH is 1. The fourth-order valence-electron chi connectivity index (χ4n) is 3.44. The van der Waals surface area contributed by atoms with Crippen molar-refractivity contribution in [1.82, 2.24) is 16.0 Å². The molecule has 10 heteroatoms.